The molecule has 0 atom stereocenters. The van der Waals surface area contributed by atoms with Crippen LogP contribution in [0.4, 0.5) is 5.69 Å². The van der Waals surface area contributed by atoms with Crippen molar-refractivity contribution in [2.24, 2.45) is 0 Å². The van der Waals surface area contributed by atoms with E-state index in [1.54, 1.807) is 12.1 Å². The Kier molecular flexibility index (Phi) is 7.06. The van der Waals surface area contributed by atoms with E-state index in [1.807, 2.05) is 51.1 Å². The van der Waals surface area contributed by atoms with Crippen LogP contribution >= 0.6 is 0 Å². The molecule has 5 nitrogen and oxygen atoms in total. The number of phenols is 1. The highest BCUT2D eigenvalue weighted by atomic mass is 16.5. The maximum absolute atomic E-state index is 12.1. The Hall–Kier alpha value is -3.21. The molecule has 2 rings (SSSR count). The summed E-state index contributed by atoms with van der Waals surface area (Å²) in [4.78, 5) is 12.1. The number of anilines is 1. The summed E-state index contributed by atoms with van der Waals surface area (Å²) >= 11 is 0. The lowest BCUT2D eigenvalue weighted by molar-refractivity contribution is -0.111. The Labute approximate surface area is 159 Å². The molecule has 0 saturated heterocycles. The fraction of sp³-hybridized carbons (Fsp3) is 0.227. The summed E-state index contributed by atoms with van der Waals surface area (Å²) in [6, 6.07) is 10.8. The smallest absolute Gasteiger partial charge is 0.248 e. The molecule has 0 aliphatic heterocycles. The second-order valence-corrected chi connectivity index (χ2v) is 6.35. The van der Waals surface area contributed by atoms with Crippen molar-refractivity contribution in [3.8, 4) is 17.2 Å². The van der Waals surface area contributed by atoms with Crippen molar-refractivity contribution < 1.29 is 19.4 Å². The second kappa shape index (κ2) is 9.48. The van der Waals surface area contributed by atoms with Crippen LogP contribution < -0.4 is 14.8 Å². The number of benzene rings is 2. The van der Waals surface area contributed by atoms with E-state index in [0.29, 0.717) is 17.9 Å². The molecule has 0 aromatic heterocycles. The highest BCUT2D eigenvalue weighted by molar-refractivity contribution is 6.02. The van der Waals surface area contributed by atoms with Crippen molar-refractivity contribution in [2.45, 2.75) is 20.8 Å². The van der Waals surface area contributed by atoms with Gasteiger partial charge in [-0.2, -0.15) is 0 Å². The third-order valence-electron chi connectivity index (χ3n) is 3.74. The molecule has 5 heteroatoms. The molecule has 2 N–H and O–H groups in total. The second-order valence-electron chi connectivity index (χ2n) is 6.35. The van der Waals surface area contributed by atoms with E-state index in [2.05, 4.69) is 5.32 Å². The number of carbonyl (C=O) groups excluding carboxylic acids is 1. The van der Waals surface area contributed by atoms with Crippen molar-refractivity contribution in [3.63, 3.8) is 0 Å². The molecular formula is C22H25NO4. The number of phenolic OH excluding ortho intramolecular Hbond substituents is 1. The van der Waals surface area contributed by atoms with Crippen molar-refractivity contribution in [1.82, 2.24) is 0 Å². The van der Waals surface area contributed by atoms with Crippen LogP contribution in [-0.2, 0) is 4.79 Å². The number of methoxy groups -OCH3 is 1. The fourth-order valence-electron chi connectivity index (χ4n) is 2.29. The number of rotatable bonds is 7. The largest absolute Gasteiger partial charge is 0.504 e. The minimum Gasteiger partial charge on any atom is -0.504 e. The van der Waals surface area contributed by atoms with Gasteiger partial charge < -0.3 is 19.9 Å². The number of ether oxygens (including phenoxy) is 2. The molecule has 0 aliphatic rings. The van der Waals surface area contributed by atoms with Crippen molar-refractivity contribution >= 4 is 17.7 Å². The minimum absolute atomic E-state index is 0.0462. The number of nitrogens with one attached hydrogen (secondary N) is 1. The quantitative estimate of drug-likeness (QED) is 0.549. The Morgan fingerprint density at radius 2 is 1.89 bits per heavy atom. The third kappa shape index (κ3) is 6.22. The zero-order valence-electron chi connectivity index (χ0n) is 16.1. The molecule has 0 heterocycles. The van der Waals surface area contributed by atoms with E-state index in [4.69, 9.17) is 9.47 Å². The number of carbonyl (C=O) groups is 1. The zero-order chi connectivity index (χ0) is 19.8. The predicted octanol–water partition coefficient (Wildman–Crippen LogP) is 4.71. The lowest BCUT2D eigenvalue weighted by atomic mass is 10.1. The van der Waals surface area contributed by atoms with Gasteiger partial charge in [0, 0.05) is 11.8 Å². The van der Waals surface area contributed by atoms with Gasteiger partial charge >= 0.3 is 0 Å². The molecule has 142 valence electrons. The third-order valence-corrected chi connectivity index (χ3v) is 3.74. The van der Waals surface area contributed by atoms with Gasteiger partial charge in [-0.25, -0.2) is 0 Å². The Morgan fingerprint density at radius 1 is 1.19 bits per heavy atom. The molecule has 2 aromatic carbocycles. The van der Waals surface area contributed by atoms with Crippen LogP contribution in [0.25, 0.3) is 6.08 Å². The van der Waals surface area contributed by atoms with E-state index in [0.717, 1.165) is 16.8 Å². The molecule has 0 aliphatic carbocycles. The van der Waals surface area contributed by atoms with Crippen molar-refractivity contribution in [1.29, 1.82) is 0 Å². The molecule has 2 aromatic rings. The molecule has 1 amide bonds. The SMILES string of the molecule is COc1cc(/C=C/C(=O)Nc2ccc(C)cc2)cc(O)c1OCC=C(C)C. The summed E-state index contributed by atoms with van der Waals surface area (Å²) < 4.78 is 10.9. The summed E-state index contributed by atoms with van der Waals surface area (Å²) in [7, 11) is 1.50. The number of hydrogen-bond acceptors (Lipinski definition) is 4. The van der Waals surface area contributed by atoms with Crippen LogP contribution in [0.3, 0.4) is 0 Å². The van der Waals surface area contributed by atoms with E-state index in [1.165, 1.54) is 19.3 Å². The van der Waals surface area contributed by atoms with Crippen LogP contribution in [0.2, 0.25) is 0 Å². The van der Waals surface area contributed by atoms with Crippen LogP contribution in [0.5, 0.6) is 17.2 Å². The molecular weight excluding hydrogens is 342 g/mol. The van der Waals surface area contributed by atoms with E-state index in [9.17, 15) is 9.90 Å². The first-order valence-corrected chi connectivity index (χ1v) is 8.62. The minimum atomic E-state index is -0.263. The van der Waals surface area contributed by atoms with Gasteiger partial charge in [0.05, 0.1) is 7.11 Å². The number of aryl methyl sites for hydroxylation is 1. The maximum atomic E-state index is 12.1. The van der Waals surface area contributed by atoms with Gasteiger partial charge in [-0.05, 0) is 62.8 Å². The highest BCUT2D eigenvalue weighted by Crippen LogP contribution is 2.38. The molecule has 0 unspecified atom stereocenters. The monoisotopic (exact) mass is 367 g/mol. The number of hydrogen-bond donors (Lipinski definition) is 2. The van der Waals surface area contributed by atoms with E-state index < -0.39 is 0 Å². The molecule has 0 spiro atoms. The highest BCUT2D eigenvalue weighted by Gasteiger charge is 2.12. The van der Waals surface area contributed by atoms with Gasteiger partial charge in [-0.1, -0.05) is 23.3 Å². The number of amides is 1. The normalized spacial score (nSPS) is 10.5. The first-order valence-electron chi connectivity index (χ1n) is 8.62. The summed E-state index contributed by atoms with van der Waals surface area (Å²) in [6.45, 7) is 6.25. The number of aromatic hydroxyl groups is 1. The predicted molar refractivity (Wildman–Crippen MR) is 108 cm³/mol. The standard InChI is InChI=1S/C22H25NO4/c1-15(2)11-12-27-22-19(24)13-17(14-20(22)26-4)7-10-21(25)23-18-8-5-16(3)6-9-18/h5-11,13-14,24H,12H2,1-4H3,(H,23,25)/b10-7+. The molecule has 0 fully saturated rings. The zero-order valence-corrected chi connectivity index (χ0v) is 16.1. The van der Waals surface area contributed by atoms with Crippen LogP contribution in [0.15, 0.2) is 54.1 Å². The van der Waals surface area contributed by atoms with Crippen LogP contribution in [0, 0.1) is 6.92 Å². The Bertz CT molecular complexity index is 847. The van der Waals surface area contributed by atoms with E-state index in [-0.39, 0.29) is 17.4 Å². The Morgan fingerprint density at radius 3 is 2.52 bits per heavy atom. The maximum Gasteiger partial charge on any atom is 0.248 e. The Balaban J connectivity index is 2.10. The summed E-state index contributed by atoms with van der Waals surface area (Å²) in [6.07, 6.45) is 4.91. The molecule has 0 saturated carbocycles. The van der Waals surface area contributed by atoms with Gasteiger partial charge in [0.25, 0.3) is 0 Å². The van der Waals surface area contributed by atoms with Gasteiger partial charge in [0.15, 0.2) is 11.5 Å². The lowest BCUT2D eigenvalue weighted by Gasteiger charge is -2.12. The molecule has 0 radical (unpaired) electrons. The first-order chi connectivity index (χ1) is 12.9. The number of allylic oxidation sites excluding steroid dienone is 1. The topological polar surface area (TPSA) is 67.8 Å². The lowest BCUT2D eigenvalue weighted by Crippen LogP contribution is -2.07. The van der Waals surface area contributed by atoms with Gasteiger partial charge in [0.1, 0.15) is 6.61 Å². The fourth-order valence-corrected chi connectivity index (χ4v) is 2.29. The van der Waals surface area contributed by atoms with Gasteiger partial charge in [0.2, 0.25) is 11.7 Å². The summed E-state index contributed by atoms with van der Waals surface area (Å²) in [5.74, 6) is 0.364. The summed E-state index contributed by atoms with van der Waals surface area (Å²) in [5.41, 5.74) is 3.59. The van der Waals surface area contributed by atoms with Gasteiger partial charge in [-0.3, -0.25) is 4.79 Å². The molecule has 27 heavy (non-hydrogen) atoms. The van der Waals surface area contributed by atoms with Crippen LogP contribution in [-0.4, -0.2) is 24.7 Å². The first kappa shape index (κ1) is 20.1. The van der Waals surface area contributed by atoms with Crippen molar-refractivity contribution in [3.05, 3.63) is 65.3 Å². The molecule has 0 bridgehead atoms. The average Bonchev–Trinajstić information content (AvgIpc) is 2.63. The van der Waals surface area contributed by atoms with E-state index >= 15 is 0 Å². The summed E-state index contributed by atoms with van der Waals surface area (Å²) in [5, 5.41) is 13.0. The average molecular weight is 367 g/mol. The van der Waals surface area contributed by atoms with Gasteiger partial charge in [-0.15, -0.1) is 0 Å². The van der Waals surface area contributed by atoms with Crippen molar-refractivity contribution in [2.75, 3.05) is 19.0 Å². The van der Waals surface area contributed by atoms with Crippen LogP contribution in [0.1, 0.15) is 25.0 Å².